The first-order valence-corrected chi connectivity index (χ1v) is 6.85. The zero-order valence-corrected chi connectivity index (χ0v) is 12.3. The van der Waals surface area contributed by atoms with Crippen LogP contribution in [-0.2, 0) is 4.79 Å². The van der Waals surface area contributed by atoms with Crippen LogP contribution in [0.25, 0.3) is 0 Å². The van der Waals surface area contributed by atoms with E-state index < -0.39 is 23.8 Å². The number of nitrogens with one attached hydrogen (secondary N) is 1. The number of carboxylic acid groups (broad SMARTS) is 1. The van der Waals surface area contributed by atoms with Gasteiger partial charge in [0.05, 0.1) is 5.71 Å². The van der Waals surface area contributed by atoms with Gasteiger partial charge in [-0.25, -0.2) is 13.6 Å². The fraction of sp³-hybridized carbons (Fsp3) is 0.429. The van der Waals surface area contributed by atoms with Gasteiger partial charge in [0.15, 0.2) is 0 Å². The number of hydrogen-bond acceptors (Lipinski definition) is 4. The molecule has 24 heavy (non-hydrogen) atoms. The zero-order chi connectivity index (χ0) is 18.3. The van der Waals surface area contributed by atoms with Crippen molar-refractivity contribution in [1.82, 2.24) is 5.32 Å². The number of benzene rings is 1. The monoisotopic (exact) mass is 354 g/mol. The van der Waals surface area contributed by atoms with Crippen LogP contribution in [0.4, 0.5) is 22.0 Å². The topological polar surface area (TPSA) is 81.9 Å². The Morgan fingerprint density at radius 2 is 1.75 bits per heavy atom. The normalized spacial score (nSPS) is 16.3. The maximum atomic E-state index is 13.6. The number of oxime groups is 1. The minimum absolute atomic E-state index is 0.0150. The maximum Gasteiger partial charge on any atom is 0.490 e. The van der Waals surface area contributed by atoms with Crippen LogP contribution in [0.5, 0.6) is 0 Å². The molecule has 1 heterocycles. The molecule has 0 unspecified atom stereocenters. The summed E-state index contributed by atoms with van der Waals surface area (Å²) in [5.41, 5.74) is 0.491. The van der Waals surface area contributed by atoms with E-state index in [-0.39, 0.29) is 11.5 Å². The van der Waals surface area contributed by atoms with Crippen LogP contribution in [0.15, 0.2) is 23.4 Å². The first kappa shape index (κ1) is 19.8. The van der Waals surface area contributed by atoms with Crippen LogP contribution < -0.4 is 5.32 Å². The molecule has 0 aromatic heterocycles. The molecule has 1 fully saturated rings. The van der Waals surface area contributed by atoms with Crippen LogP contribution in [-0.4, -0.2) is 41.3 Å². The van der Waals surface area contributed by atoms with Crippen molar-refractivity contribution in [3.63, 3.8) is 0 Å². The van der Waals surface area contributed by atoms with Crippen molar-refractivity contribution in [2.45, 2.75) is 19.0 Å². The minimum Gasteiger partial charge on any atom is -0.475 e. The van der Waals surface area contributed by atoms with E-state index in [9.17, 15) is 22.0 Å². The SMILES string of the molecule is O/N=C(/c1ccc(F)cc1F)C1CCNCC1.O=C(O)C(F)(F)F. The molecule has 0 amide bonds. The number of rotatable bonds is 2. The van der Waals surface area contributed by atoms with E-state index in [1.807, 2.05) is 0 Å². The summed E-state index contributed by atoms with van der Waals surface area (Å²) in [6.45, 7) is 1.62. The number of carbonyl (C=O) groups is 1. The molecular weight excluding hydrogens is 339 g/mol. The number of piperidine rings is 1. The molecule has 0 atom stereocenters. The average Bonchev–Trinajstić information content (AvgIpc) is 2.51. The Morgan fingerprint density at radius 3 is 2.17 bits per heavy atom. The van der Waals surface area contributed by atoms with Crippen LogP contribution >= 0.6 is 0 Å². The second kappa shape index (κ2) is 8.57. The van der Waals surface area contributed by atoms with Gasteiger partial charge in [-0.05, 0) is 38.1 Å². The molecule has 0 bridgehead atoms. The van der Waals surface area contributed by atoms with Gasteiger partial charge in [0.1, 0.15) is 11.6 Å². The van der Waals surface area contributed by atoms with Crippen molar-refractivity contribution in [3.05, 3.63) is 35.4 Å². The van der Waals surface area contributed by atoms with E-state index in [4.69, 9.17) is 15.1 Å². The molecule has 1 aliphatic heterocycles. The standard InChI is InChI=1S/C12H14F2N2O.C2HF3O2/c13-9-1-2-10(11(14)7-9)12(16-17)8-3-5-15-6-4-8;3-2(4,5)1(6)7/h1-2,7-8,15,17H,3-6H2;(H,6,7)/b16-12+;. The Kier molecular flexibility index (Phi) is 7.08. The lowest BCUT2D eigenvalue weighted by molar-refractivity contribution is -0.192. The third-order valence-corrected chi connectivity index (χ3v) is 3.28. The highest BCUT2D eigenvalue weighted by Gasteiger charge is 2.38. The maximum absolute atomic E-state index is 13.6. The predicted molar refractivity (Wildman–Crippen MR) is 74.0 cm³/mol. The van der Waals surface area contributed by atoms with Crippen molar-refractivity contribution in [3.8, 4) is 0 Å². The third-order valence-electron chi connectivity index (χ3n) is 3.28. The number of hydrogen-bond donors (Lipinski definition) is 3. The first-order valence-electron chi connectivity index (χ1n) is 6.85. The van der Waals surface area contributed by atoms with Crippen molar-refractivity contribution in [1.29, 1.82) is 0 Å². The van der Waals surface area contributed by atoms with Gasteiger partial charge in [0.2, 0.25) is 0 Å². The highest BCUT2D eigenvalue weighted by atomic mass is 19.4. The largest absolute Gasteiger partial charge is 0.490 e. The van der Waals surface area contributed by atoms with Gasteiger partial charge in [-0.3, -0.25) is 0 Å². The van der Waals surface area contributed by atoms with Gasteiger partial charge < -0.3 is 15.6 Å². The Hall–Kier alpha value is -2.23. The van der Waals surface area contributed by atoms with Gasteiger partial charge in [-0.2, -0.15) is 13.2 Å². The zero-order valence-electron chi connectivity index (χ0n) is 12.3. The molecule has 0 spiro atoms. The Labute approximate surface area is 133 Å². The summed E-state index contributed by atoms with van der Waals surface area (Å²) in [6, 6.07) is 3.30. The quantitative estimate of drug-likeness (QED) is 0.330. The summed E-state index contributed by atoms with van der Waals surface area (Å²) in [7, 11) is 0. The summed E-state index contributed by atoms with van der Waals surface area (Å²) in [5, 5.41) is 22.5. The Morgan fingerprint density at radius 1 is 1.21 bits per heavy atom. The summed E-state index contributed by atoms with van der Waals surface area (Å²) in [5.74, 6) is -4.06. The number of alkyl halides is 3. The molecule has 0 radical (unpaired) electrons. The van der Waals surface area contributed by atoms with Crippen molar-refractivity contribution >= 4 is 11.7 Å². The fourth-order valence-corrected chi connectivity index (χ4v) is 2.15. The van der Waals surface area contributed by atoms with Crippen LogP contribution in [0.2, 0.25) is 0 Å². The number of aliphatic carboxylic acids is 1. The highest BCUT2D eigenvalue weighted by molar-refractivity contribution is 6.02. The molecule has 0 aliphatic carbocycles. The second-order valence-electron chi connectivity index (χ2n) is 4.94. The predicted octanol–water partition coefficient (Wildman–Crippen LogP) is 2.78. The molecule has 1 aliphatic rings. The lowest BCUT2D eigenvalue weighted by Gasteiger charge is -2.23. The lowest BCUT2D eigenvalue weighted by Crippen LogP contribution is -2.32. The average molecular weight is 354 g/mol. The fourth-order valence-electron chi connectivity index (χ4n) is 2.15. The molecule has 3 N–H and O–H groups in total. The molecule has 0 saturated carbocycles. The number of carboxylic acids is 1. The van der Waals surface area contributed by atoms with E-state index in [1.54, 1.807) is 0 Å². The van der Waals surface area contributed by atoms with E-state index >= 15 is 0 Å². The number of nitrogens with zero attached hydrogens (tertiary/aromatic N) is 1. The van der Waals surface area contributed by atoms with E-state index in [0.29, 0.717) is 5.71 Å². The van der Waals surface area contributed by atoms with E-state index in [2.05, 4.69) is 10.5 Å². The Balaban J connectivity index is 0.000000351. The van der Waals surface area contributed by atoms with Gasteiger partial charge in [0, 0.05) is 17.5 Å². The highest BCUT2D eigenvalue weighted by Crippen LogP contribution is 2.21. The summed E-state index contributed by atoms with van der Waals surface area (Å²) >= 11 is 0. The van der Waals surface area contributed by atoms with Gasteiger partial charge >= 0.3 is 12.1 Å². The van der Waals surface area contributed by atoms with E-state index in [1.165, 1.54) is 12.1 Å². The third kappa shape index (κ3) is 5.76. The number of halogens is 5. The molecule has 1 aromatic carbocycles. The summed E-state index contributed by atoms with van der Waals surface area (Å²) in [4.78, 5) is 8.90. The minimum atomic E-state index is -5.08. The Bertz CT molecular complexity index is 599. The van der Waals surface area contributed by atoms with Gasteiger partial charge in [-0.15, -0.1) is 0 Å². The lowest BCUT2D eigenvalue weighted by atomic mass is 9.88. The van der Waals surface area contributed by atoms with Crippen molar-refractivity contribution < 1.29 is 37.1 Å². The molecular formula is C14H15F5N2O3. The molecule has 134 valence electrons. The van der Waals surface area contributed by atoms with E-state index in [0.717, 1.165) is 32.0 Å². The van der Waals surface area contributed by atoms with Crippen molar-refractivity contribution in [2.24, 2.45) is 11.1 Å². The van der Waals surface area contributed by atoms with Gasteiger partial charge in [0.25, 0.3) is 0 Å². The van der Waals surface area contributed by atoms with Crippen molar-refractivity contribution in [2.75, 3.05) is 13.1 Å². The van der Waals surface area contributed by atoms with Crippen LogP contribution in [0.1, 0.15) is 18.4 Å². The van der Waals surface area contributed by atoms with Crippen LogP contribution in [0, 0.1) is 17.6 Å². The molecule has 5 nitrogen and oxygen atoms in total. The smallest absolute Gasteiger partial charge is 0.475 e. The molecule has 2 rings (SSSR count). The summed E-state index contributed by atoms with van der Waals surface area (Å²) < 4.78 is 58.1. The van der Waals surface area contributed by atoms with Crippen LogP contribution in [0.3, 0.4) is 0 Å². The first-order chi connectivity index (χ1) is 11.2. The molecule has 1 saturated heterocycles. The van der Waals surface area contributed by atoms with Gasteiger partial charge in [-0.1, -0.05) is 5.16 Å². The molecule has 10 heteroatoms. The molecule has 1 aromatic rings. The summed E-state index contributed by atoms with van der Waals surface area (Å²) in [6.07, 6.45) is -3.51. The second-order valence-corrected chi connectivity index (χ2v) is 4.94.